The summed E-state index contributed by atoms with van der Waals surface area (Å²) < 4.78 is 11.2. The number of aliphatic carboxylic acids is 1. The van der Waals surface area contributed by atoms with Gasteiger partial charge in [0.25, 0.3) is 0 Å². The Morgan fingerprint density at radius 2 is 1.93 bits per heavy atom. The van der Waals surface area contributed by atoms with E-state index in [0.717, 1.165) is 11.1 Å². The van der Waals surface area contributed by atoms with Gasteiger partial charge in [-0.1, -0.05) is 29.8 Å². The highest BCUT2D eigenvalue weighted by Crippen LogP contribution is 2.05. The minimum absolute atomic E-state index is 0.284. The molecule has 0 aliphatic heterocycles. The van der Waals surface area contributed by atoms with Crippen LogP contribution in [-0.2, 0) is 21.3 Å². The first-order valence-electron chi connectivity index (χ1n) is 4.20. The van der Waals surface area contributed by atoms with Crippen molar-refractivity contribution < 1.29 is 14.1 Å². The van der Waals surface area contributed by atoms with E-state index in [1.807, 2.05) is 31.2 Å². The van der Waals surface area contributed by atoms with E-state index in [1.165, 1.54) is 0 Å². The standard InChI is InChI=1S/C10H12O3S/c1-8-2-4-9(5-3-8)6-14(13)7-10(11)12/h2-5H,6-7H2,1H3,(H,11,12). The Bertz CT molecular complexity index is 343. The number of benzene rings is 1. The van der Waals surface area contributed by atoms with E-state index in [-0.39, 0.29) is 5.75 Å². The van der Waals surface area contributed by atoms with Crippen molar-refractivity contribution in [3.8, 4) is 0 Å². The molecular weight excluding hydrogens is 200 g/mol. The molecule has 1 aromatic rings. The van der Waals surface area contributed by atoms with Crippen molar-refractivity contribution in [1.29, 1.82) is 0 Å². The molecule has 0 fully saturated rings. The molecule has 3 nitrogen and oxygen atoms in total. The SMILES string of the molecule is Cc1ccc(CS(=O)CC(=O)O)cc1. The highest BCUT2D eigenvalue weighted by atomic mass is 32.2. The van der Waals surface area contributed by atoms with Crippen molar-refractivity contribution in [2.75, 3.05) is 5.75 Å². The highest BCUT2D eigenvalue weighted by molar-refractivity contribution is 7.84. The molecule has 0 heterocycles. The summed E-state index contributed by atoms with van der Waals surface area (Å²) in [5.41, 5.74) is 2.05. The zero-order valence-electron chi connectivity index (χ0n) is 7.90. The molecule has 1 unspecified atom stereocenters. The summed E-state index contributed by atoms with van der Waals surface area (Å²) in [6.07, 6.45) is 0. The van der Waals surface area contributed by atoms with Crippen molar-refractivity contribution in [3.63, 3.8) is 0 Å². The molecule has 0 radical (unpaired) electrons. The first-order valence-corrected chi connectivity index (χ1v) is 5.69. The van der Waals surface area contributed by atoms with E-state index in [9.17, 15) is 9.00 Å². The monoisotopic (exact) mass is 212 g/mol. The predicted octanol–water partition coefficient (Wildman–Crippen LogP) is 1.33. The van der Waals surface area contributed by atoms with Crippen LogP contribution in [0.25, 0.3) is 0 Å². The summed E-state index contributed by atoms with van der Waals surface area (Å²) in [4.78, 5) is 10.3. The van der Waals surface area contributed by atoms with Gasteiger partial charge < -0.3 is 5.11 Å². The van der Waals surface area contributed by atoms with Gasteiger partial charge >= 0.3 is 5.97 Å². The van der Waals surface area contributed by atoms with Crippen LogP contribution in [0.5, 0.6) is 0 Å². The fourth-order valence-corrected chi connectivity index (χ4v) is 2.00. The van der Waals surface area contributed by atoms with Crippen LogP contribution in [0, 0.1) is 6.92 Å². The number of rotatable bonds is 4. The Balaban J connectivity index is 2.56. The van der Waals surface area contributed by atoms with Gasteiger partial charge in [-0.3, -0.25) is 9.00 Å². The van der Waals surface area contributed by atoms with Crippen LogP contribution in [-0.4, -0.2) is 21.0 Å². The maximum absolute atomic E-state index is 11.2. The van der Waals surface area contributed by atoms with E-state index in [2.05, 4.69) is 0 Å². The Labute approximate surface area is 85.2 Å². The van der Waals surface area contributed by atoms with Gasteiger partial charge in [0.15, 0.2) is 0 Å². The third kappa shape index (κ3) is 3.70. The molecular formula is C10H12O3S. The van der Waals surface area contributed by atoms with E-state index in [4.69, 9.17) is 5.11 Å². The minimum Gasteiger partial charge on any atom is -0.481 e. The second-order valence-corrected chi connectivity index (χ2v) is 4.56. The fourth-order valence-electron chi connectivity index (χ4n) is 1.06. The zero-order valence-corrected chi connectivity index (χ0v) is 8.71. The molecule has 14 heavy (non-hydrogen) atoms. The number of aryl methyl sites for hydroxylation is 1. The normalized spacial score (nSPS) is 12.4. The predicted molar refractivity (Wildman–Crippen MR) is 55.5 cm³/mol. The Hall–Kier alpha value is -1.16. The molecule has 1 aromatic carbocycles. The molecule has 0 aromatic heterocycles. The Kier molecular flexibility index (Phi) is 3.83. The molecule has 0 saturated carbocycles. The lowest BCUT2D eigenvalue weighted by Crippen LogP contribution is -2.10. The highest BCUT2D eigenvalue weighted by Gasteiger charge is 2.06. The minimum atomic E-state index is -1.31. The maximum Gasteiger partial charge on any atom is 0.316 e. The molecule has 1 atom stereocenters. The average molecular weight is 212 g/mol. The van der Waals surface area contributed by atoms with Crippen LogP contribution in [0.1, 0.15) is 11.1 Å². The van der Waals surface area contributed by atoms with E-state index >= 15 is 0 Å². The second-order valence-electron chi connectivity index (χ2n) is 3.11. The third-order valence-corrected chi connectivity index (χ3v) is 2.96. The topological polar surface area (TPSA) is 54.4 Å². The summed E-state index contributed by atoms with van der Waals surface area (Å²) in [5.74, 6) is -0.990. The number of carboxylic acids is 1. The van der Waals surface area contributed by atoms with E-state index in [1.54, 1.807) is 0 Å². The molecule has 0 amide bonds. The lowest BCUT2D eigenvalue weighted by Gasteiger charge is -2.00. The van der Waals surface area contributed by atoms with Crippen LogP contribution in [0.2, 0.25) is 0 Å². The van der Waals surface area contributed by atoms with Gasteiger partial charge in [-0.2, -0.15) is 0 Å². The van der Waals surface area contributed by atoms with Crippen LogP contribution >= 0.6 is 0 Å². The van der Waals surface area contributed by atoms with Crippen LogP contribution in [0.3, 0.4) is 0 Å². The molecule has 0 bridgehead atoms. The van der Waals surface area contributed by atoms with Crippen LogP contribution in [0.15, 0.2) is 24.3 Å². The number of hydrogen-bond donors (Lipinski definition) is 1. The van der Waals surface area contributed by atoms with Gasteiger partial charge in [0.05, 0.1) is 0 Å². The van der Waals surface area contributed by atoms with Gasteiger partial charge in [0.1, 0.15) is 5.75 Å². The zero-order chi connectivity index (χ0) is 10.6. The van der Waals surface area contributed by atoms with Crippen molar-refractivity contribution >= 4 is 16.8 Å². The molecule has 1 rings (SSSR count). The largest absolute Gasteiger partial charge is 0.481 e. The lowest BCUT2D eigenvalue weighted by molar-refractivity contribution is -0.133. The summed E-state index contributed by atoms with van der Waals surface area (Å²) in [7, 11) is -1.31. The number of carboxylic acid groups (broad SMARTS) is 1. The molecule has 0 aliphatic carbocycles. The summed E-state index contributed by atoms with van der Waals surface area (Å²) in [6, 6.07) is 7.59. The van der Waals surface area contributed by atoms with Gasteiger partial charge in [0, 0.05) is 16.6 Å². The second kappa shape index (κ2) is 4.91. The first-order chi connectivity index (χ1) is 6.58. The third-order valence-electron chi connectivity index (χ3n) is 1.73. The molecule has 0 spiro atoms. The Morgan fingerprint density at radius 3 is 2.43 bits per heavy atom. The molecule has 0 aliphatic rings. The molecule has 76 valence electrons. The van der Waals surface area contributed by atoms with Crippen molar-refractivity contribution in [2.45, 2.75) is 12.7 Å². The number of carbonyl (C=O) groups is 1. The molecule has 1 N–H and O–H groups in total. The first kappa shape index (κ1) is 10.9. The summed E-state index contributed by atoms with van der Waals surface area (Å²) in [6.45, 7) is 1.97. The van der Waals surface area contributed by atoms with Crippen molar-refractivity contribution in [2.24, 2.45) is 0 Å². The lowest BCUT2D eigenvalue weighted by atomic mass is 10.2. The number of hydrogen-bond acceptors (Lipinski definition) is 2. The quantitative estimate of drug-likeness (QED) is 0.819. The van der Waals surface area contributed by atoms with Gasteiger partial charge in [-0.15, -0.1) is 0 Å². The van der Waals surface area contributed by atoms with Crippen LogP contribution in [0.4, 0.5) is 0 Å². The fraction of sp³-hybridized carbons (Fsp3) is 0.300. The van der Waals surface area contributed by atoms with Gasteiger partial charge in [0.2, 0.25) is 0 Å². The van der Waals surface area contributed by atoms with Crippen LogP contribution < -0.4 is 0 Å². The summed E-state index contributed by atoms with van der Waals surface area (Å²) in [5, 5.41) is 8.41. The van der Waals surface area contributed by atoms with Gasteiger partial charge in [-0.05, 0) is 12.5 Å². The van der Waals surface area contributed by atoms with E-state index < -0.39 is 16.8 Å². The average Bonchev–Trinajstić information content (AvgIpc) is 2.07. The van der Waals surface area contributed by atoms with Crippen molar-refractivity contribution in [3.05, 3.63) is 35.4 Å². The smallest absolute Gasteiger partial charge is 0.316 e. The summed E-state index contributed by atoms with van der Waals surface area (Å²) >= 11 is 0. The van der Waals surface area contributed by atoms with Crippen molar-refractivity contribution in [1.82, 2.24) is 0 Å². The van der Waals surface area contributed by atoms with Gasteiger partial charge in [-0.25, -0.2) is 0 Å². The van der Waals surface area contributed by atoms with E-state index in [0.29, 0.717) is 5.75 Å². The maximum atomic E-state index is 11.2. The molecule has 0 saturated heterocycles. The molecule has 4 heteroatoms. The Morgan fingerprint density at radius 1 is 1.36 bits per heavy atom.